The number of thioether (sulfide) groups is 1. The molecule has 2 N–H and O–H groups in total. The number of carbonyl (C=O) groups is 1. The minimum Gasteiger partial charge on any atom is -0.325 e. The van der Waals surface area contributed by atoms with Crippen molar-refractivity contribution in [1.29, 1.82) is 0 Å². The molecule has 7 heteroatoms. The highest BCUT2D eigenvalue weighted by atomic mass is 32.2. The van der Waals surface area contributed by atoms with Gasteiger partial charge in [0.25, 0.3) is 10.0 Å². The summed E-state index contributed by atoms with van der Waals surface area (Å²) in [5.74, 6) is -0.350. The Labute approximate surface area is 153 Å². The minimum absolute atomic E-state index is 0.104. The van der Waals surface area contributed by atoms with Crippen molar-refractivity contribution in [2.24, 2.45) is 5.92 Å². The maximum Gasteiger partial charge on any atom is 0.261 e. The number of para-hydroxylation sites is 1. The second kappa shape index (κ2) is 7.93. The fourth-order valence-corrected chi connectivity index (χ4v) is 3.81. The summed E-state index contributed by atoms with van der Waals surface area (Å²) in [6, 6.07) is 11.9. The molecule has 0 radical (unpaired) electrons. The standard InChI is InChI=1S/C18H22N2O3S2/c1-12(2)18(21)19-16-11-14(9-10-17(16)24-4)25(22,23)20-15-8-6-5-7-13(15)3/h5-12,20H,1-4H3,(H,19,21). The molecule has 0 unspecified atom stereocenters. The van der Waals surface area contributed by atoms with Crippen molar-refractivity contribution >= 4 is 39.1 Å². The van der Waals surface area contributed by atoms with Gasteiger partial charge in [0.2, 0.25) is 5.91 Å². The smallest absolute Gasteiger partial charge is 0.261 e. The lowest BCUT2D eigenvalue weighted by atomic mass is 10.2. The van der Waals surface area contributed by atoms with Crippen LogP contribution in [0.1, 0.15) is 19.4 Å². The van der Waals surface area contributed by atoms with Crippen molar-refractivity contribution < 1.29 is 13.2 Å². The van der Waals surface area contributed by atoms with E-state index in [0.717, 1.165) is 10.5 Å². The van der Waals surface area contributed by atoms with Crippen molar-refractivity contribution in [2.75, 3.05) is 16.3 Å². The monoisotopic (exact) mass is 378 g/mol. The molecule has 0 heterocycles. The number of amides is 1. The second-order valence-corrected chi connectivity index (χ2v) is 8.46. The fraction of sp³-hybridized carbons (Fsp3) is 0.278. The van der Waals surface area contributed by atoms with Gasteiger partial charge in [-0.15, -0.1) is 11.8 Å². The Morgan fingerprint density at radius 3 is 2.36 bits per heavy atom. The molecule has 0 saturated carbocycles. The van der Waals surface area contributed by atoms with E-state index in [1.807, 2.05) is 25.3 Å². The zero-order chi connectivity index (χ0) is 18.6. The Balaban J connectivity index is 2.38. The van der Waals surface area contributed by atoms with E-state index < -0.39 is 10.0 Å². The van der Waals surface area contributed by atoms with Gasteiger partial charge in [-0.25, -0.2) is 8.42 Å². The van der Waals surface area contributed by atoms with Gasteiger partial charge in [-0.05, 0) is 43.0 Å². The molecule has 0 aliphatic rings. The molecule has 0 atom stereocenters. The average Bonchev–Trinajstić information content (AvgIpc) is 2.56. The predicted octanol–water partition coefficient (Wildman–Crippen LogP) is 4.11. The van der Waals surface area contributed by atoms with Crippen LogP contribution < -0.4 is 10.0 Å². The molecule has 0 saturated heterocycles. The Morgan fingerprint density at radius 1 is 1.08 bits per heavy atom. The third-order valence-electron chi connectivity index (χ3n) is 3.65. The van der Waals surface area contributed by atoms with Gasteiger partial charge < -0.3 is 5.32 Å². The number of benzene rings is 2. The number of sulfonamides is 1. The molecular weight excluding hydrogens is 356 g/mol. The lowest BCUT2D eigenvalue weighted by Crippen LogP contribution is -2.19. The van der Waals surface area contributed by atoms with Crippen LogP contribution in [0.5, 0.6) is 0 Å². The summed E-state index contributed by atoms with van der Waals surface area (Å²) in [5, 5.41) is 2.80. The van der Waals surface area contributed by atoms with Crippen LogP contribution in [0.2, 0.25) is 0 Å². The largest absolute Gasteiger partial charge is 0.325 e. The first-order valence-corrected chi connectivity index (χ1v) is 10.5. The molecule has 2 aromatic rings. The van der Waals surface area contributed by atoms with Crippen LogP contribution in [0, 0.1) is 12.8 Å². The Bertz CT molecular complexity index is 878. The molecule has 1 amide bonds. The third kappa shape index (κ3) is 4.76. The summed E-state index contributed by atoms with van der Waals surface area (Å²) in [6.07, 6.45) is 1.88. The normalized spacial score (nSPS) is 11.4. The van der Waals surface area contributed by atoms with Crippen LogP contribution in [0.15, 0.2) is 52.3 Å². The van der Waals surface area contributed by atoms with E-state index in [9.17, 15) is 13.2 Å². The van der Waals surface area contributed by atoms with Crippen molar-refractivity contribution in [3.8, 4) is 0 Å². The van der Waals surface area contributed by atoms with E-state index in [2.05, 4.69) is 10.0 Å². The van der Waals surface area contributed by atoms with Gasteiger partial charge in [0.05, 0.1) is 16.3 Å². The average molecular weight is 379 g/mol. The summed E-state index contributed by atoms with van der Waals surface area (Å²) in [5.41, 5.74) is 1.86. The highest BCUT2D eigenvalue weighted by Crippen LogP contribution is 2.29. The van der Waals surface area contributed by atoms with Gasteiger partial charge in [-0.3, -0.25) is 9.52 Å². The number of aryl methyl sites for hydroxylation is 1. The Hall–Kier alpha value is -1.99. The zero-order valence-corrected chi connectivity index (χ0v) is 16.3. The number of hydrogen-bond donors (Lipinski definition) is 2. The molecular formula is C18H22N2O3S2. The summed E-state index contributed by atoms with van der Waals surface area (Å²) in [6.45, 7) is 5.41. The van der Waals surface area contributed by atoms with Gasteiger partial charge in [-0.2, -0.15) is 0 Å². The van der Waals surface area contributed by atoms with E-state index in [1.54, 1.807) is 32.0 Å². The van der Waals surface area contributed by atoms with Crippen LogP contribution >= 0.6 is 11.8 Å². The molecule has 2 rings (SSSR count). The molecule has 0 aromatic heterocycles. The predicted molar refractivity (Wildman–Crippen MR) is 104 cm³/mol. The maximum atomic E-state index is 12.7. The maximum absolute atomic E-state index is 12.7. The number of carbonyl (C=O) groups excluding carboxylic acids is 1. The summed E-state index contributed by atoms with van der Waals surface area (Å²) in [7, 11) is -3.75. The van der Waals surface area contributed by atoms with E-state index in [1.165, 1.54) is 23.9 Å². The molecule has 0 aliphatic heterocycles. The van der Waals surface area contributed by atoms with Gasteiger partial charge in [0.1, 0.15) is 0 Å². The van der Waals surface area contributed by atoms with E-state index in [4.69, 9.17) is 0 Å². The number of anilines is 2. The van der Waals surface area contributed by atoms with Crippen molar-refractivity contribution in [3.63, 3.8) is 0 Å². The SMILES string of the molecule is CSc1ccc(S(=O)(=O)Nc2ccccc2C)cc1NC(=O)C(C)C. The van der Waals surface area contributed by atoms with Gasteiger partial charge in [0.15, 0.2) is 0 Å². The fourth-order valence-electron chi connectivity index (χ4n) is 2.12. The lowest BCUT2D eigenvalue weighted by molar-refractivity contribution is -0.118. The van der Waals surface area contributed by atoms with Crippen LogP contribution in [0.25, 0.3) is 0 Å². The number of nitrogens with one attached hydrogen (secondary N) is 2. The van der Waals surface area contributed by atoms with Crippen molar-refractivity contribution in [1.82, 2.24) is 0 Å². The van der Waals surface area contributed by atoms with Gasteiger partial charge in [0, 0.05) is 10.8 Å². The molecule has 134 valence electrons. The molecule has 2 aromatic carbocycles. The van der Waals surface area contributed by atoms with Crippen LogP contribution in [-0.2, 0) is 14.8 Å². The van der Waals surface area contributed by atoms with Crippen LogP contribution in [-0.4, -0.2) is 20.6 Å². The summed E-state index contributed by atoms with van der Waals surface area (Å²) < 4.78 is 28.0. The minimum atomic E-state index is -3.75. The molecule has 5 nitrogen and oxygen atoms in total. The first-order valence-electron chi connectivity index (χ1n) is 7.82. The molecule has 0 fully saturated rings. The first kappa shape index (κ1) is 19.3. The Kier molecular flexibility index (Phi) is 6.13. The molecule has 25 heavy (non-hydrogen) atoms. The summed E-state index contributed by atoms with van der Waals surface area (Å²) in [4.78, 5) is 12.9. The zero-order valence-electron chi connectivity index (χ0n) is 14.7. The van der Waals surface area contributed by atoms with E-state index >= 15 is 0 Å². The molecule has 0 aliphatic carbocycles. The van der Waals surface area contributed by atoms with E-state index in [-0.39, 0.29) is 16.7 Å². The lowest BCUT2D eigenvalue weighted by Gasteiger charge is -2.15. The van der Waals surface area contributed by atoms with Crippen molar-refractivity contribution in [3.05, 3.63) is 48.0 Å². The van der Waals surface area contributed by atoms with Gasteiger partial charge >= 0.3 is 0 Å². The quantitative estimate of drug-likeness (QED) is 0.742. The third-order valence-corrected chi connectivity index (χ3v) is 5.81. The number of hydrogen-bond acceptors (Lipinski definition) is 4. The van der Waals surface area contributed by atoms with Gasteiger partial charge in [-0.1, -0.05) is 32.0 Å². The van der Waals surface area contributed by atoms with Crippen LogP contribution in [0.3, 0.4) is 0 Å². The summed E-state index contributed by atoms with van der Waals surface area (Å²) >= 11 is 1.44. The number of rotatable bonds is 6. The molecule has 0 bridgehead atoms. The molecule has 0 spiro atoms. The highest BCUT2D eigenvalue weighted by Gasteiger charge is 2.18. The first-order chi connectivity index (χ1) is 11.7. The second-order valence-electron chi connectivity index (χ2n) is 5.93. The Morgan fingerprint density at radius 2 is 1.76 bits per heavy atom. The van der Waals surface area contributed by atoms with E-state index in [0.29, 0.717) is 11.4 Å². The van der Waals surface area contributed by atoms with Crippen molar-refractivity contribution in [2.45, 2.75) is 30.6 Å². The topological polar surface area (TPSA) is 75.3 Å². The van der Waals surface area contributed by atoms with Crippen LogP contribution in [0.4, 0.5) is 11.4 Å². The highest BCUT2D eigenvalue weighted by molar-refractivity contribution is 7.98.